The SMILES string of the molecule is CC(CNC1=NCCCN1)c1ccc(F)cc1.I. The smallest absolute Gasteiger partial charge is 0.191 e. The molecule has 0 radical (unpaired) electrons. The van der Waals surface area contributed by atoms with Gasteiger partial charge in [0.25, 0.3) is 0 Å². The number of hydrogen-bond donors (Lipinski definition) is 2. The highest BCUT2D eigenvalue weighted by atomic mass is 127. The van der Waals surface area contributed by atoms with Gasteiger partial charge in [-0.25, -0.2) is 4.39 Å². The molecule has 0 amide bonds. The fourth-order valence-corrected chi connectivity index (χ4v) is 1.81. The van der Waals surface area contributed by atoms with Crippen molar-refractivity contribution in [1.82, 2.24) is 10.6 Å². The van der Waals surface area contributed by atoms with Crippen LogP contribution in [-0.4, -0.2) is 25.6 Å². The van der Waals surface area contributed by atoms with Gasteiger partial charge in [-0.3, -0.25) is 4.99 Å². The summed E-state index contributed by atoms with van der Waals surface area (Å²) in [6, 6.07) is 6.67. The van der Waals surface area contributed by atoms with Crippen molar-refractivity contribution in [3.63, 3.8) is 0 Å². The van der Waals surface area contributed by atoms with Crippen LogP contribution in [0.3, 0.4) is 0 Å². The van der Waals surface area contributed by atoms with Crippen molar-refractivity contribution in [3.8, 4) is 0 Å². The molecular weight excluding hydrogens is 344 g/mol. The molecule has 0 fully saturated rings. The van der Waals surface area contributed by atoms with Gasteiger partial charge in [0.05, 0.1) is 0 Å². The minimum absolute atomic E-state index is 0. The molecule has 1 aliphatic heterocycles. The lowest BCUT2D eigenvalue weighted by atomic mass is 10.0. The van der Waals surface area contributed by atoms with Crippen LogP contribution in [0, 0.1) is 5.82 Å². The largest absolute Gasteiger partial charge is 0.356 e. The highest BCUT2D eigenvalue weighted by Gasteiger charge is 2.08. The molecular formula is C13H19FIN3. The maximum absolute atomic E-state index is 12.8. The van der Waals surface area contributed by atoms with Crippen molar-refractivity contribution >= 4 is 29.9 Å². The minimum Gasteiger partial charge on any atom is -0.356 e. The molecule has 1 heterocycles. The predicted molar refractivity (Wildman–Crippen MR) is 83.2 cm³/mol. The van der Waals surface area contributed by atoms with E-state index < -0.39 is 0 Å². The van der Waals surface area contributed by atoms with Crippen molar-refractivity contribution in [2.45, 2.75) is 19.3 Å². The van der Waals surface area contributed by atoms with Crippen LogP contribution < -0.4 is 10.6 Å². The van der Waals surface area contributed by atoms with Crippen LogP contribution in [0.15, 0.2) is 29.3 Å². The number of nitrogens with one attached hydrogen (secondary N) is 2. The molecule has 1 atom stereocenters. The van der Waals surface area contributed by atoms with Crippen molar-refractivity contribution in [2.24, 2.45) is 4.99 Å². The average Bonchev–Trinajstić information content (AvgIpc) is 2.38. The maximum atomic E-state index is 12.8. The first-order chi connectivity index (χ1) is 8.25. The van der Waals surface area contributed by atoms with Crippen LogP contribution >= 0.6 is 24.0 Å². The summed E-state index contributed by atoms with van der Waals surface area (Å²) >= 11 is 0. The summed E-state index contributed by atoms with van der Waals surface area (Å²) < 4.78 is 12.8. The molecule has 0 spiro atoms. The van der Waals surface area contributed by atoms with E-state index in [2.05, 4.69) is 22.5 Å². The van der Waals surface area contributed by atoms with Crippen LogP contribution in [0.4, 0.5) is 4.39 Å². The van der Waals surface area contributed by atoms with Crippen molar-refractivity contribution < 1.29 is 4.39 Å². The van der Waals surface area contributed by atoms with E-state index in [-0.39, 0.29) is 29.8 Å². The number of halogens is 2. The quantitative estimate of drug-likeness (QED) is 0.810. The maximum Gasteiger partial charge on any atom is 0.191 e. The van der Waals surface area contributed by atoms with E-state index in [9.17, 15) is 4.39 Å². The van der Waals surface area contributed by atoms with Crippen LogP contribution in [-0.2, 0) is 0 Å². The Morgan fingerprint density at radius 3 is 2.72 bits per heavy atom. The van der Waals surface area contributed by atoms with E-state index in [1.54, 1.807) is 0 Å². The molecule has 3 nitrogen and oxygen atoms in total. The number of benzene rings is 1. The van der Waals surface area contributed by atoms with E-state index in [1.165, 1.54) is 12.1 Å². The van der Waals surface area contributed by atoms with Gasteiger partial charge in [-0.2, -0.15) is 0 Å². The molecule has 0 saturated carbocycles. The van der Waals surface area contributed by atoms with Crippen LogP contribution in [0.2, 0.25) is 0 Å². The lowest BCUT2D eigenvalue weighted by Gasteiger charge is -2.19. The fourth-order valence-electron chi connectivity index (χ4n) is 1.81. The third-order valence-corrected chi connectivity index (χ3v) is 2.91. The number of rotatable bonds is 3. The molecule has 2 rings (SSSR count). The van der Waals surface area contributed by atoms with E-state index in [4.69, 9.17) is 0 Å². The van der Waals surface area contributed by atoms with Gasteiger partial charge in [0, 0.05) is 19.6 Å². The Hall–Kier alpha value is -0.850. The second kappa shape index (κ2) is 7.56. The summed E-state index contributed by atoms with van der Waals surface area (Å²) in [5.74, 6) is 1.03. The van der Waals surface area contributed by atoms with Crippen LogP contribution in [0.1, 0.15) is 24.8 Å². The summed E-state index contributed by atoms with van der Waals surface area (Å²) in [6.07, 6.45) is 1.10. The number of aliphatic imine (C=N–C) groups is 1. The van der Waals surface area contributed by atoms with Crippen LogP contribution in [0.25, 0.3) is 0 Å². The molecule has 1 aliphatic rings. The highest BCUT2D eigenvalue weighted by molar-refractivity contribution is 14.0. The number of hydrogen-bond acceptors (Lipinski definition) is 3. The molecule has 0 saturated heterocycles. The topological polar surface area (TPSA) is 36.4 Å². The molecule has 1 unspecified atom stereocenters. The van der Waals surface area contributed by atoms with Gasteiger partial charge in [-0.05, 0) is 30.0 Å². The van der Waals surface area contributed by atoms with E-state index in [0.717, 1.165) is 37.6 Å². The lowest BCUT2D eigenvalue weighted by molar-refractivity contribution is 0.623. The van der Waals surface area contributed by atoms with Gasteiger partial charge in [-0.15, -0.1) is 24.0 Å². The van der Waals surface area contributed by atoms with E-state index in [0.29, 0.717) is 5.92 Å². The Morgan fingerprint density at radius 1 is 1.39 bits per heavy atom. The normalized spacial score (nSPS) is 16.0. The highest BCUT2D eigenvalue weighted by Crippen LogP contribution is 2.14. The Bertz CT molecular complexity index is 392. The summed E-state index contributed by atoms with van der Waals surface area (Å²) in [5, 5.41) is 6.49. The Kier molecular flexibility index (Phi) is 6.38. The first-order valence-corrected chi connectivity index (χ1v) is 6.03. The number of guanidine groups is 1. The molecule has 2 N–H and O–H groups in total. The first-order valence-electron chi connectivity index (χ1n) is 6.03. The minimum atomic E-state index is -0.188. The molecule has 0 aliphatic carbocycles. The zero-order chi connectivity index (χ0) is 12.1. The van der Waals surface area contributed by atoms with E-state index >= 15 is 0 Å². The fraction of sp³-hybridized carbons (Fsp3) is 0.462. The third kappa shape index (κ3) is 4.44. The van der Waals surface area contributed by atoms with Gasteiger partial charge < -0.3 is 10.6 Å². The molecule has 0 bridgehead atoms. The Labute approximate surface area is 124 Å². The molecule has 1 aromatic carbocycles. The third-order valence-electron chi connectivity index (χ3n) is 2.91. The molecule has 5 heteroatoms. The van der Waals surface area contributed by atoms with Gasteiger partial charge in [0.15, 0.2) is 5.96 Å². The van der Waals surface area contributed by atoms with Gasteiger partial charge >= 0.3 is 0 Å². The average molecular weight is 363 g/mol. The predicted octanol–water partition coefficient (Wildman–Crippen LogP) is 2.49. The summed E-state index contributed by atoms with van der Waals surface area (Å²) in [7, 11) is 0. The summed E-state index contributed by atoms with van der Waals surface area (Å²) in [5.41, 5.74) is 1.13. The lowest BCUT2D eigenvalue weighted by Crippen LogP contribution is -2.42. The van der Waals surface area contributed by atoms with Gasteiger partial charge in [0.1, 0.15) is 5.82 Å². The van der Waals surface area contributed by atoms with Crippen LogP contribution in [0.5, 0.6) is 0 Å². The molecule has 1 aromatic rings. The van der Waals surface area contributed by atoms with Gasteiger partial charge in [0.2, 0.25) is 0 Å². The Morgan fingerprint density at radius 2 is 2.11 bits per heavy atom. The first kappa shape index (κ1) is 15.2. The zero-order valence-electron chi connectivity index (χ0n) is 10.4. The van der Waals surface area contributed by atoms with E-state index in [1.807, 2.05) is 12.1 Å². The molecule has 100 valence electrons. The van der Waals surface area contributed by atoms with Crippen molar-refractivity contribution in [3.05, 3.63) is 35.6 Å². The molecule has 18 heavy (non-hydrogen) atoms. The van der Waals surface area contributed by atoms with Crippen molar-refractivity contribution in [1.29, 1.82) is 0 Å². The molecule has 0 aromatic heterocycles. The summed E-state index contributed by atoms with van der Waals surface area (Å²) in [6.45, 7) is 4.79. The zero-order valence-corrected chi connectivity index (χ0v) is 12.8. The summed E-state index contributed by atoms with van der Waals surface area (Å²) in [4.78, 5) is 4.34. The second-order valence-corrected chi connectivity index (χ2v) is 4.34. The number of nitrogens with zero attached hydrogens (tertiary/aromatic N) is 1. The Balaban J connectivity index is 0.00000162. The standard InChI is InChI=1S/C13H18FN3.HI/c1-10(11-3-5-12(14)6-4-11)9-17-13-15-7-2-8-16-13;/h3-6,10H,2,7-9H2,1H3,(H2,15,16,17);1H. The van der Waals surface area contributed by atoms with Crippen molar-refractivity contribution in [2.75, 3.05) is 19.6 Å². The van der Waals surface area contributed by atoms with Gasteiger partial charge in [-0.1, -0.05) is 19.1 Å². The monoisotopic (exact) mass is 363 g/mol. The second-order valence-electron chi connectivity index (χ2n) is 4.34.